The van der Waals surface area contributed by atoms with E-state index in [0.717, 1.165) is 0 Å². The fraction of sp³-hybridized carbons (Fsp3) is 0.250. The van der Waals surface area contributed by atoms with E-state index in [2.05, 4.69) is 22.5 Å². The molecule has 1 aliphatic rings. The molecule has 4 heteroatoms. The maximum atomic E-state index is 10.3. The first kappa shape index (κ1) is 5.37. The minimum Gasteiger partial charge on any atom is -0.300 e. The molecule has 0 radical (unpaired) electrons. The summed E-state index contributed by atoms with van der Waals surface area (Å²) in [5.41, 5.74) is 0. The second kappa shape index (κ2) is 2.00. The van der Waals surface area contributed by atoms with Gasteiger partial charge in [-0.25, -0.2) is 9.79 Å². The van der Waals surface area contributed by atoms with Crippen molar-refractivity contribution in [3.05, 3.63) is 0 Å². The normalized spacial score (nSPS) is 18.5. The highest BCUT2D eigenvalue weighted by atomic mass is 32.1. The van der Waals surface area contributed by atoms with Crippen molar-refractivity contribution in [1.29, 1.82) is 0 Å². The van der Waals surface area contributed by atoms with Crippen molar-refractivity contribution in [2.45, 2.75) is 6.42 Å². The lowest BCUT2D eigenvalue weighted by Crippen LogP contribution is -2.29. The smallest absolute Gasteiger partial charge is 0.300 e. The Labute approximate surface area is 51.8 Å². The summed E-state index contributed by atoms with van der Waals surface area (Å²) in [5.74, 6) is 0. The molecule has 8 heavy (non-hydrogen) atoms. The highest BCUT2D eigenvalue weighted by Gasteiger charge is 2.04. The van der Waals surface area contributed by atoms with Crippen molar-refractivity contribution in [2.75, 3.05) is 0 Å². The van der Waals surface area contributed by atoms with Gasteiger partial charge < -0.3 is 0 Å². The summed E-state index contributed by atoms with van der Waals surface area (Å²) in [5, 5.41) is 2.37. The van der Waals surface area contributed by atoms with Gasteiger partial charge in [-0.2, -0.15) is 0 Å². The second-order valence-corrected chi connectivity index (χ2v) is 1.86. The Morgan fingerprint density at radius 2 is 2.62 bits per heavy atom. The lowest BCUT2D eigenvalue weighted by atomic mass is 10.4. The van der Waals surface area contributed by atoms with Crippen LogP contribution in [-0.2, 0) is 0 Å². The number of hydrogen-bond donors (Lipinski definition) is 1. The van der Waals surface area contributed by atoms with Gasteiger partial charge in [-0.15, -0.1) is 0 Å². The Kier molecular flexibility index (Phi) is 1.34. The van der Waals surface area contributed by atoms with Crippen molar-refractivity contribution in [2.24, 2.45) is 4.99 Å². The molecule has 0 bridgehead atoms. The molecule has 1 rings (SSSR count). The van der Waals surface area contributed by atoms with Crippen LogP contribution < -0.4 is 5.32 Å². The first-order valence-corrected chi connectivity index (χ1v) is 2.56. The van der Waals surface area contributed by atoms with Gasteiger partial charge in [0.2, 0.25) is 0 Å². The van der Waals surface area contributed by atoms with Crippen LogP contribution in [0.5, 0.6) is 0 Å². The summed E-state index contributed by atoms with van der Waals surface area (Å²) in [6.07, 6.45) is 2.09. The van der Waals surface area contributed by atoms with Crippen molar-refractivity contribution in [1.82, 2.24) is 5.32 Å². The van der Waals surface area contributed by atoms with Crippen LogP contribution in [0, 0.1) is 0 Å². The van der Waals surface area contributed by atoms with Gasteiger partial charge in [0, 0.05) is 12.6 Å². The van der Waals surface area contributed by atoms with Gasteiger partial charge in [-0.05, 0) is 0 Å². The molecule has 1 aliphatic heterocycles. The summed E-state index contributed by atoms with van der Waals surface area (Å²) >= 11 is 4.66. The molecule has 0 unspecified atom stereocenters. The van der Waals surface area contributed by atoms with Gasteiger partial charge in [0.1, 0.15) is 0 Å². The molecule has 2 amide bonds. The predicted molar refractivity (Wildman–Crippen MR) is 34.2 cm³/mol. The number of nitrogens with one attached hydrogen (secondary N) is 1. The Morgan fingerprint density at radius 3 is 3.00 bits per heavy atom. The van der Waals surface area contributed by atoms with Gasteiger partial charge >= 0.3 is 6.03 Å². The second-order valence-electron chi connectivity index (χ2n) is 1.37. The van der Waals surface area contributed by atoms with E-state index in [1.165, 1.54) is 6.21 Å². The molecule has 0 aromatic heterocycles. The van der Waals surface area contributed by atoms with E-state index in [0.29, 0.717) is 11.4 Å². The van der Waals surface area contributed by atoms with Crippen LogP contribution >= 0.6 is 12.2 Å². The van der Waals surface area contributed by atoms with E-state index in [1.54, 1.807) is 0 Å². The average Bonchev–Trinajstić information content (AvgIpc) is 1.64. The summed E-state index contributed by atoms with van der Waals surface area (Å²) in [6, 6.07) is -0.360. The van der Waals surface area contributed by atoms with Crippen LogP contribution in [0.25, 0.3) is 0 Å². The highest BCUT2D eigenvalue weighted by Crippen LogP contribution is 1.87. The fourth-order valence-electron chi connectivity index (χ4n) is 0.414. The van der Waals surface area contributed by atoms with E-state index in [4.69, 9.17) is 0 Å². The molecule has 0 aliphatic carbocycles. The number of aliphatic imine (C=N–C) groups is 1. The van der Waals surface area contributed by atoms with Crippen molar-refractivity contribution in [3.8, 4) is 0 Å². The van der Waals surface area contributed by atoms with Gasteiger partial charge in [0.25, 0.3) is 0 Å². The molecule has 0 saturated carbocycles. The summed E-state index contributed by atoms with van der Waals surface area (Å²) in [7, 11) is 0. The molecular formula is C4H4N2OS. The zero-order valence-electron chi connectivity index (χ0n) is 4.05. The number of rotatable bonds is 0. The molecule has 0 atom stereocenters. The Bertz CT molecular complexity index is 163. The number of carbonyl (C=O) groups is 1. The quantitative estimate of drug-likeness (QED) is 0.482. The molecule has 0 fully saturated rings. The van der Waals surface area contributed by atoms with E-state index < -0.39 is 0 Å². The molecule has 0 aromatic carbocycles. The van der Waals surface area contributed by atoms with Crippen LogP contribution in [-0.4, -0.2) is 17.2 Å². The third kappa shape index (κ3) is 1.10. The van der Waals surface area contributed by atoms with Crippen LogP contribution in [0.4, 0.5) is 4.79 Å². The standard InChI is InChI=1S/C4H4N2OS/c7-4-5-2-1-3(8)6-4/h2H,1H2,(H,6,7,8). The average molecular weight is 128 g/mol. The van der Waals surface area contributed by atoms with Gasteiger partial charge in [-0.1, -0.05) is 12.2 Å². The first-order valence-electron chi connectivity index (χ1n) is 2.15. The number of urea groups is 1. The van der Waals surface area contributed by atoms with Crippen molar-refractivity contribution >= 4 is 29.5 Å². The summed E-state index contributed by atoms with van der Waals surface area (Å²) in [6.45, 7) is 0. The monoisotopic (exact) mass is 128 g/mol. The minimum atomic E-state index is -0.360. The van der Waals surface area contributed by atoms with Gasteiger partial charge in [0.05, 0.1) is 4.99 Å². The van der Waals surface area contributed by atoms with E-state index in [-0.39, 0.29) is 6.03 Å². The molecule has 3 nitrogen and oxygen atoms in total. The lowest BCUT2D eigenvalue weighted by molar-refractivity contribution is 0.253. The van der Waals surface area contributed by atoms with Crippen molar-refractivity contribution < 1.29 is 4.79 Å². The lowest BCUT2D eigenvalue weighted by Gasteiger charge is -2.03. The number of nitrogens with zero attached hydrogens (tertiary/aromatic N) is 1. The number of hydrogen-bond acceptors (Lipinski definition) is 2. The predicted octanol–water partition coefficient (Wildman–Crippen LogP) is 0.498. The van der Waals surface area contributed by atoms with Gasteiger partial charge in [-0.3, -0.25) is 5.32 Å². The fourth-order valence-corrected chi connectivity index (χ4v) is 0.576. The highest BCUT2D eigenvalue weighted by molar-refractivity contribution is 7.80. The molecule has 0 aromatic rings. The molecule has 1 heterocycles. The zero-order chi connectivity index (χ0) is 5.98. The number of carbonyl (C=O) groups excluding carboxylic acids is 1. The molecule has 42 valence electrons. The van der Waals surface area contributed by atoms with Crippen LogP contribution in [0.3, 0.4) is 0 Å². The maximum absolute atomic E-state index is 10.3. The Balaban J connectivity index is 2.68. The number of thiocarbonyl (C=S) groups is 1. The van der Waals surface area contributed by atoms with Crippen LogP contribution in [0.15, 0.2) is 4.99 Å². The molecule has 1 N–H and O–H groups in total. The third-order valence-electron chi connectivity index (χ3n) is 0.732. The van der Waals surface area contributed by atoms with Gasteiger partial charge in [0.15, 0.2) is 0 Å². The Hall–Kier alpha value is -0.770. The first-order chi connectivity index (χ1) is 3.79. The van der Waals surface area contributed by atoms with E-state index in [9.17, 15) is 4.79 Å². The van der Waals surface area contributed by atoms with Crippen LogP contribution in [0.2, 0.25) is 0 Å². The van der Waals surface area contributed by atoms with Crippen molar-refractivity contribution in [3.63, 3.8) is 0 Å². The summed E-state index contributed by atoms with van der Waals surface area (Å²) < 4.78 is 0. The molecule has 0 saturated heterocycles. The topological polar surface area (TPSA) is 41.5 Å². The maximum Gasteiger partial charge on any atom is 0.345 e. The zero-order valence-corrected chi connectivity index (χ0v) is 4.86. The Morgan fingerprint density at radius 1 is 1.88 bits per heavy atom. The summed E-state index contributed by atoms with van der Waals surface area (Å²) in [4.78, 5) is 14.2. The van der Waals surface area contributed by atoms with E-state index >= 15 is 0 Å². The minimum absolute atomic E-state index is 0.360. The third-order valence-corrected chi connectivity index (χ3v) is 1.00. The van der Waals surface area contributed by atoms with E-state index in [1.807, 2.05) is 0 Å². The van der Waals surface area contributed by atoms with Crippen LogP contribution in [0.1, 0.15) is 6.42 Å². The molecule has 0 spiro atoms. The SMILES string of the molecule is O=C1N=CCC(=S)N1. The molecular weight excluding hydrogens is 124 g/mol. The largest absolute Gasteiger partial charge is 0.345 e. The number of amides is 2.